The topological polar surface area (TPSA) is 32.3 Å². The van der Waals surface area contributed by atoms with E-state index in [-0.39, 0.29) is 11.9 Å². The second-order valence-electron chi connectivity index (χ2n) is 8.76. The summed E-state index contributed by atoms with van der Waals surface area (Å²) >= 11 is 0. The van der Waals surface area contributed by atoms with E-state index in [1.54, 1.807) is 0 Å². The van der Waals surface area contributed by atoms with Crippen LogP contribution in [0.5, 0.6) is 0 Å². The number of hydrogen-bond donors (Lipinski definition) is 1. The van der Waals surface area contributed by atoms with E-state index in [2.05, 4.69) is 81.5 Å². The van der Waals surface area contributed by atoms with E-state index in [0.29, 0.717) is 17.5 Å². The van der Waals surface area contributed by atoms with Gasteiger partial charge < -0.3 is 5.32 Å². The zero-order valence-electron chi connectivity index (χ0n) is 18.7. The molecule has 158 valence electrons. The minimum atomic E-state index is -0.143. The number of carbonyl (C=O) groups is 1. The van der Waals surface area contributed by atoms with Crippen molar-refractivity contribution in [2.45, 2.75) is 45.6 Å². The minimum Gasteiger partial charge on any atom is -0.351 e. The van der Waals surface area contributed by atoms with Crippen molar-refractivity contribution in [1.82, 2.24) is 0 Å². The van der Waals surface area contributed by atoms with Gasteiger partial charge in [-0.15, -0.1) is 0 Å². The quantitative estimate of drug-likeness (QED) is 0.474. The van der Waals surface area contributed by atoms with E-state index in [9.17, 15) is 4.79 Å². The molecule has 4 rings (SSSR count). The average Bonchev–Trinajstić information content (AvgIpc) is 3.10. The van der Waals surface area contributed by atoms with Crippen molar-refractivity contribution in [2.24, 2.45) is 0 Å². The van der Waals surface area contributed by atoms with Gasteiger partial charge in [0, 0.05) is 11.4 Å². The number of carbonyl (C=O) groups excluding carboxylic acids is 1. The maximum atomic E-state index is 13.5. The van der Waals surface area contributed by atoms with E-state index in [1.807, 2.05) is 41.3 Å². The molecule has 0 fully saturated rings. The van der Waals surface area contributed by atoms with Gasteiger partial charge in [0.25, 0.3) is 5.91 Å². The molecule has 3 nitrogen and oxygen atoms in total. The summed E-state index contributed by atoms with van der Waals surface area (Å²) in [7, 11) is 0. The smallest absolute Gasteiger partial charge is 0.275 e. The predicted octanol–water partition coefficient (Wildman–Crippen LogP) is 7.02. The first kappa shape index (κ1) is 20.9. The van der Waals surface area contributed by atoms with Crippen LogP contribution in [0.2, 0.25) is 0 Å². The summed E-state index contributed by atoms with van der Waals surface area (Å²) in [5, 5.41) is 3.36. The Labute approximate surface area is 185 Å². The number of nitrogens with zero attached hydrogens (tertiary/aromatic N) is 1. The highest BCUT2D eigenvalue weighted by Gasteiger charge is 2.34. The van der Waals surface area contributed by atoms with Crippen LogP contribution >= 0.6 is 0 Å². The third kappa shape index (κ3) is 4.41. The molecule has 0 aliphatic carbocycles. The van der Waals surface area contributed by atoms with Crippen molar-refractivity contribution < 1.29 is 4.79 Å². The third-order valence-corrected chi connectivity index (χ3v) is 5.89. The molecule has 1 aliphatic heterocycles. The number of nitrogens with one attached hydrogen (secondary N) is 1. The van der Waals surface area contributed by atoms with Gasteiger partial charge in [-0.1, -0.05) is 82.3 Å². The van der Waals surface area contributed by atoms with Gasteiger partial charge in [-0.3, -0.25) is 9.69 Å². The fourth-order valence-corrected chi connectivity index (χ4v) is 3.95. The lowest BCUT2D eigenvalue weighted by Gasteiger charge is -2.25. The predicted molar refractivity (Wildman–Crippen MR) is 129 cm³/mol. The molecule has 3 aromatic rings. The highest BCUT2D eigenvalue weighted by Crippen LogP contribution is 2.36. The van der Waals surface area contributed by atoms with Crippen LogP contribution in [0.15, 0.2) is 90.6 Å². The van der Waals surface area contributed by atoms with Crippen molar-refractivity contribution in [3.63, 3.8) is 0 Å². The van der Waals surface area contributed by atoms with E-state index in [1.165, 1.54) is 11.1 Å². The number of benzene rings is 3. The Bertz CT molecular complexity index is 1060. The Balaban J connectivity index is 1.66. The van der Waals surface area contributed by atoms with Crippen LogP contribution in [0.4, 0.5) is 11.4 Å². The number of anilines is 2. The lowest BCUT2D eigenvalue weighted by molar-refractivity contribution is -0.114. The van der Waals surface area contributed by atoms with Gasteiger partial charge in [0.1, 0.15) is 5.70 Å². The van der Waals surface area contributed by atoms with Gasteiger partial charge in [-0.2, -0.15) is 0 Å². The van der Waals surface area contributed by atoms with Crippen molar-refractivity contribution >= 4 is 17.3 Å². The molecule has 1 aliphatic rings. The molecule has 1 amide bonds. The molecule has 0 bridgehead atoms. The summed E-state index contributed by atoms with van der Waals surface area (Å²) in [5.74, 6) is 0.921. The van der Waals surface area contributed by atoms with Gasteiger partial charge in [-0.05, 0) is 58.9 Å². The van der Waals surface area contributed by atoms with Gasteiger partial charge in [0.2, 0.25) is 0 Å². The molecular weight excluding hydrogens is 380 g/mol. The Morgan fingerprint density at radius 1 is 0.742 bits per heavy atom. The van der Waals surface area contributed by atoms with Gasteiger partial charge >= 0.3 is 0 Å². The third-order valence-electron chi connectivity index (χ3n) is 5.89. The summed E-state index contributed by atoms with van der Waals surface area (Å²) in [6.07, 6.45) is 2.03. The number of rotatable bonds is 6. The maximum absolute atomic E-state index is 13.5. The first-order valence-electron chi connectivity index (χ1n) is 11.0. The molecule has 1 heterocycles. The second kappa shape index (κ2) is 8.81. The standard InChI is InChI=1S/C28H30N2O/c1-19(2)21-10-14-24(15-11-21)29-26-18-27(23-8-6-5-7-9-23)30(28(26)31)25-16-12-22(13-17-25)20(3)4/h5-20,27,29H,1-4H3/t27-/m0/s1. The lowest BCUT2D eigenvalue weighted by Crippen LogP contribution is -2.30. The first-order valence-corrected chi connectivity index (χ1v) is 11.0. The molecule has 0 spiro atoms. The van der Waals surface area contributed by atoms with Crippen LogP contribution in [0, 0.1) is 0 Å². The Kier molecular flexibility index (Phi) is 5.94. The van der Waals surface area contributed by atoms with Crippen LogP contribution in [0.25, 0.3) is 0 Å². The molecule has 3 aromatic carbocycles. The monoisotopic (exact) mass is 410 g/mol. The summed E-state index contributed by atoms with van der Waals surface area (Å²) < 4.78 is 0. The van der Waals surface area contributed by atoms with Crippen LogP contribution < -0.4 is 10.2 Å². The molecule has 0 radical (unpaired) electrons. The number of amides is 1. The fraction of sp³-hybridized carbons (Fsp3) is 0.250. The highest BCUT2D eigenvalue weighted by atomic mass is 16.2. The Hall–Kier alpha value is -3.33. The van der Waals surface area contributed by atoms with Crippen LogP contribution in [0.3, 0.4) is 0 Å². The summed E-state index contributed by atoms with van der Waals surface area (Å²) in [6.45, 7) is 8.71. The van der Waals surface area contributed by atoms with Crippen molar-refractivity contribution in [3.8, 4) is 0 Å². The summed E-state index contributed by atoms with van der Waals surface area (Å²) in [4.78, 5) is 15.4. The van der Waals surface area contributed by atoms with E-state index in [0.717, 1.165) is 16.9 Å². The van der Waals surface area contributed by atoms with Crippen LogP contribution in [-0.4, -0.2) is 5.91 Å². The molecule has 31 heavy (non-hydrogen) atoms. The van der Waals surface area contributed by atoms with E-state index < -0.39 is 0 Å². The molecule has 0 unspecified atom stereocenters. The fourth-order valence-electron chi connectivity index (χ4n) is 3.95. The van der Waals surface area contributed by atoms with Crippen LogP contribution in [0.1, 0.15) is 62.3 Å². The molecule has 0 aromatic heterocycles. The van der Waals surface area contributed by atoms with Crippen molar-refractivity contribution in [3.05, 3.63) is 107 Å². The second-order valence-corrected chi connectivity index (χ2v) is 8.76. The first-order chi connectivity index (χ1) is 14.9. The zero-order valence-corrected chi connectivity index (χ0v) is 18.7. The van der Waals surface area contributed by atoms with Crippen molar-refractivity contribution in [2.75, 3.05) is 10.2 Å². The molecule has 0 saturated carbocycles. The van der Waals surface area contributed by atoms with E-state index in [4.69, 9.17) is 0 Å². The average molecular weight is 411 g/mol. The molecule has 3 heteroatoms. The summed E-state index contributed by atoms with van der Waals surface area (Å²) in [5.41, 5.74) is 6.09. The summed E-state index contributed by atoms with van der Waals surface area (Å²) in [6, 6.07) is 26.7. The van der Waals surface area contributed by atoms with Crippen LogP contribution in [-0.2, 0) is 4.79 Å². The zero-order chi connectivity index (χ0) is 22.0. The Morgan fingerprint density at radius 2 is 1.29 bits per heavy atom. The number of hydrogen-bond acceptors (Lipinski definition) is 2. The van der Waals surface area contributed by atoms with E-state index >= 15 is 0 Å². The SMILES string of the molecule is CC(C)c1ccc(NC2=C[C@@H](c3ccccc3)N(c3ccc(C(C)C)cc3)C2=O)cc1. The molecule has 0 saturated heterocycles. The van der Waals surface area contributed by atoms with Gasteiger partial charge in [0.15, 0.2) is 0 Å². The largest absolute Gasteiger partial charge is 0.351 e. The minimum absolute atomic E-state index is 0.0147. The highest BCUT2D eigenvalue weighted by molar-refractivity contribution is 6.11. The molecule has 1 N–H and O–H groups in total. The van der Waals surface area contributed by atoms with Gasteiger partial charge in [0.05, 0.1) is 6.04 Å². The normalized spacial score (nSPS) is 16.2. The van der Waals surface area contributed by atoms with Crippen molar-refractivity contribution in [1.29, 1.82) is 0 Å². The molecular formula is C28H30N2O. The maximum Gasteiger partial charge on any atom is 0.275 e. The molecule has 1 atom stereocenters. The Morgan fingerprint density at radius 3 is 1.84 bits per heavy atom. The lowest BCUT2D eigenvalue weighted by atomic mass is 10.0. The van der Waals surface area contributed by atoms with Gasteiger partial charge in [-0.25, -0.2) is 0 Å².